The van der Waals surface area contributed by atoms with Crippen LogP contribution in [0.4, 0.5) is 0 Å². The lowest BCUT2D eigenvalue weighted by Crippen LogP contribution is -1.69. The minimum Gasteiger partial charge on any atom is -0.392 e. The van der Waals surface area contributed by atoms with Crippen molar-refractivity contribution >= 4 is 11.6 Å². The molecule has 0 spiro atoms. The average Bonchev–Trinajstić information content (AvgIpc) is 2.47. The summed E-state index contributed by atoms with van der Waals surface area (Å²) in [5, 5.41) is 7.76. The standard InChI is InChI=1S/C3H5ClO.C3H6O/c1-2-3(4)5-2;1-2-3-4/h2-3H,1H3;2,4H,1,3H2. The highest BCUT2D eigenvalue weighted by Crippen LogP contribution is 2.23. The minimum atomic E-state index is 0.0231. The second-order valence-electron chi connectivity index (χ2n) is 1.66. The fourth-order valence-electron chi connectivity index (χ4n) is 0.160. The monoisotopic (exact) mass is 150 g/mol. The molecule has 54 valence electrons. The number of rotatable bonds is 1. The van der Waals surface area contributed by atoms with Gasteiger partial charge in [-0.15, -0.1) is 6.58 Å². The maximum atomic E-state index is 7.76. The van der Waals surface area contributed by atoms with Crippen LogP contribution < -0.4 is 0 Å². The van der Waals surface area contributed by atoms with Crippen LogP contribution >= 0.6 is 11.6 Å². The summed E-state index contributed by atoms with van der Waals surface area (Å²) in [4.78, 5) is 0. The fourth-order valence-corrected chi connectivity index (χ4v) is 0.322. The van der Waals surface area contributed by atoms with Gasteiger partial charge in [0.25, 0.3) is 0 Å². The van der Waals surface area contributed by atoms with Gasteiger partial charge in [-0.2, -0.15) is 0 Å². The van der Waals surface area contributed by atoms with Crippen molar-refractivity contribution in [2.75, 3.05) is 6.61 Å². The number of hydrogen-bond donors (Lipinski definition) is 1. The molecule has 9 heavy (non-hydrogen) atoms. The summed E-state index contributed by atoms with van der Waals surface area (Å²) in [5.41, 5.74) is 0.0231. The van der Waals surface area contributed by atoms with E-state index in [0.29, 0.717) is 6.10 Å². The van der Waals surface area contributed by atoms with Crippen molar-refractivity contribution in [1.82, 2.24) is 0 Å². The molecule has 1 saturated heterocycles. The lowest BCUT2D eigenvalue weighted by Gasteiger charge is -1.60. The number of aliphatic hydroxyl groups excluding tert-OH is 1. The molecule has 0 aliphatic carbocycles. The SMILES string of the molecule is C=CCO.CC1OC1Cl. The molecule has 1 rings (SSSR count). The minimum absolute atomic E-state index is 0.0231. The smallest absolute Gasteiger partial charge is 0.157 e. The Morgan fingerprint density at radius 3 is 2.11 bits per heavy atom. The number of ether oxygens (including phenoxy) is 1. The Hall–Kier alpha value is -0.0500. The predicted octanol–water partition coefficient (Wildman–Crippen LogP) is 1.13. The molecule has 1 heterocycles. The molecule has 0 bridgehead atoms. The van der Waals surface area contributed by atoms with Gasteiger partial charge in [0, 0.05) is 0 Å². The van der Waals surface area contributed by atoms with Gasteiger partial charge in [-0.25, -0.2) is 0 Å². The van der Waals surface area contributed by atoms with Gasteiger partial charge in [0.05, 0.1) is 12.7 Å². The summed E-state index contributed by atoms with van der Waals surface area (Å²) in [7, 11) is 0. The Bertz CT molecular complexity index is 79.1. The van der Waals surface area contributed by atoms with E-state index in [4.69, 9.17) is 16.7 Å². The number of epoxide rings is 1. The normalized spacial score (nSPS) is 30.1. The summed E-state index contributed by atoms with van der Waals surface area (Å²) >= 11 is 5.31. The molecule has 1 fully saturated rings. The first kappa shape index (κ1) is 8.95. The molecule has 1 aliphatic rings. The summed E-state index contributed by atoms with van der Waals surface area (Å²) < 4.78 is 4.68. The zero-order chi connectivity index (χ0) is 7.28. The molecule has 1 aliphatic heterocycles. The zero-order valence-electron chi connectivity index (χ0n) is 5.38. The summed E-state index contributed by atoms with van der Waals surface area (Å²) in [6.07, 6.45) is 1.75. The van der Waals surface area contributed by atoms with Crippen LogP contribution in [0.25, 0.3) is 0 Å². The van der Waals surface area contributed by atoms with Crippen LogP contribution in [0.2, 0.25) is 0 Å². The fraction of sp³-hybridized carbons (Fsp3) is 0.667. The molecular formula is C6H11ClO2. The zero-order valence-corrected chi connectivity index (χ0v) is 6.14. The van der Waals surface area contributed by atoms with Crippen molar-refractivity contribution in [3.05, 3.63) is 12.7 Å². The molecule has 0 aromatic heterocycles. The van der Waals surface area contributed by atoms with Crippen LogP contribution in [0.1, 0.15) is 6.92 Å². The molecule has 0 aromatic rings. The molecule has 0 radical (unpaired) electrons. The van der Waals surface area contributed by atoms with Crippen molar-refractivity contribution in [2.45, 2.75) is 18.6 Å². The molecule has 0 aromatic carbocycles. The Labute approximate surface area is 60.1 Å². The van der Waals surface area contributed by atoms with Gasteiger partial charge >= 0.3 is 0 Å². The number of alkyl halides is 1. The Kier molecular flexibility index (Phi) is 4.77. The van der Waals surface area contributed by atoms with Crippen LogP contribution in [-0.2, 0) is 4.74 Å². The maximum absolute atomic E-state index is 7.76. The van der Waals surface area contributed by atoms with Crippen molar-refractivity contribution in [1.29, 1.82) is 0 Å². The maximum Gasteiger partial charge on any atom is 0.157 e. The third-order valence-corrected chi connectivity index (χ3v) is 1.22. The lowest BCUT2D eigenvalue weighted by molar-refractivity contribution is 0.343. The molecule has 1 N–H and O–H groups in total. The van der Waals surface area contributed by atoms with Gasteiger partial charge in [0.2, 0.25) is 0 Å². The molecule has 2 atom stereocenters. The average molecular weight is 151 g/mol. The van der Waals surface area contributed by atoms with Crippen LogP contribution in [-0.4, -0.2) is 23.4 Å². The van der Waals surface area contributed by atoms with Crippen LogP contribution in [0.5, 0.6) is 0 Å². The van der Waals surface area contributed by atoms with E-state index in [-0.39, 0.29) is 12.2 Å². The highest BCUT2D eigenvalue weighted by atomic mass is 35.5. The molecule has 0 saturated carbocycles. The van der Waals surface area contributed by atoms with Gasteiger partial charge in [-0.05, 0) is 6.92 Å². The molecular weight excluding hydrogens is 140 g/mol. The van der Waals surface area contributed by atoms with Crippen molar-refractivity contribution in [3.63, 3.8) is 0 Å². The molecule has 0 amide bonds. The van der Waals surface area contributed by atoms with Crippen LogP contribution in [0.15, 0.2) is 12.7 Å². The van der Waals surface area contributed by atoms with Crippen LogP contribution in [0.3, 0.4) is 0 Å². The number of halogens is 1. The van der Waals surface area contributed by atoms with Crippen LogP contribution in [0, 0.1) is 0 Å². The van der Waals surface area contributed by atoms with E-state index in [1.807, 2.05) is 6.92 Å². The predicted molar refractivity (Wildman–Crippen MR) is 37.5 cm³/mol. The first-order chi connectivity index (χ1) is 4.22. The van der Waals surface area contributed by atoms with E-state index in [0.717, 1.165) is 0 Å². The first-order valence-corrected chi connectivity index (χ1v) is 3.17. The van der Waals surface area contributed by atoms with Gasteiger partial charge < -0.3 is 9.84 Å². The Morgan fingerprint density at radius 1 is 1.89 bits per heavy atom. The van der Waals surface area contributed by atoms with Crippen molar-refractivity contribution in [2.24, 2.45) is 0 Å². The van der Waals surface area contributed by atoms with Gasteiger partial charge in [-0.3, -0.25) is 0 Å². The quantitative estimate of drug-likeness (QED) is 0.345. The van der Waals surface area contributed by atoms with E-state index in [9.17, 15) is 0 Å². The molecule has 2 unspecified atom stereocenters. The van der Waals surface area contributed by atoms with E-state index >= 15 is 0 Å². The Morgan fingerprint density at radius 2 is 2.11 bits per heavy atom. The second kappa shape index (κ2) is 4.79. The third kappa shape index (κ3) is 5.83. The van der Waals surface area contributed by atoms with Gasteiger partial charge in [0.15, 0.2) is 5.56 Å². The van der Waals surface area contributed by atoms with E-state index < -0.39 is 0 Å². The van der Waals surface area contributed by atoms with Gasteiger partial charge in [0.1, 0.15) is 0 Å². The van der Waals surface area contributed by atoms with Crippen molar-refractivity contribution in [3.8, 4) is 0 Å². The summed E-state index contributed by atoms with van der Waals surface area (Å²) in [6.45, 7) is 5.25. The Balaban J connectivity index is 0.000000148. The van der Waals surface area contributed by atoms with E-state index in [1.165, 1.54) is 6.08 Å². The molecule has 3 heteroatoms. The molecule has 2 nitrogen and oxygen atoms in total. The van der Waals surface area contributed by atoms with Crippen molar-refractivity contribution < 1.29 is 9.84 Å². The van der Waals surface area contributed by atoms with E-state index in [1.54, 1.807) is 0 Å². The first-order valence-electron chi connectivity index (χ1n) is 2.73. The third-order valence-electron chi connectivity index (χ3n) is 0.766. The summed E-state index contributed by atoms with van der Waals surface area (Å²) in [5.74, 6) is 0. The highest BCUT2D eigenvalue weighted by Gasteiger charge is 2.30. The topological polar surface area (TPSA) is 32.8 Å². The van der Waals surface area contributed by atoms with E-state index in [2.05, 4.69) is 11.3 Å². The largest absolute Gasteiger partial charge is 0.392 e. The number of hydrogen-bond acceptors (Lipinski definition) is 2. The highest BCUT2D eigenvalue weighted by molar-refractivity contribution is 6.21. The lowest BCUT2D eigenvalue weighted by atomic mass is 10.6. The summed E-state index contributed by atoms with van der Waals surface area (Å²) in [6, 6.07) is 0. The second-order valence-corrected chi connectivity index (χ2v) is 2.09. The number of aliphatic hydroxyl groups is 1. The van der Waals surface area contributed by atoms with Gasteiger partial charge in [-0.1, -0.05) is 17.7 Å².